The number of halogens is 1. The van der Waals surface area contributed by atoms with E-state index in [2.05, 4.69) is 34.0 Å². The number of hydrogen-bond donors (Lipinski definition) is 0. The molecule has 0 aliphatic heterocycles. The number of hydrogen-bond acceptors (Lipinski definition) is 6. The zero-order valence-corrected chi connectivity index (χ0v) is 21.8. The topological polar surface area (TPSA) is 89.5 Å². The second-order valence-electron chi connectivity index (χ2n) is 8.27. The SMILES string of the molecule is CC[C@H](C)c1nc2ccc(Br)cc2c(=O)n1N=Cc1ccc(OCc2ccccc2C#N)c(OC)c1. The van der Waals surface area contributed by atoms with Crippen LogP contribution in [0.4, 0.5) is 0 Å². The van der Waals surface area contributed by atoms with E-state index in [9.17, 15) is 10.1 Å². The molecule has 182 valence electrons. The highest BCUT2D eigenvalue weighted by molar-refractivity contribution is 9.10. The molecule has 1 atom stereocenters. The Hall–Kier alpha value is -3.96. The third kappa shape index (κ3) is 5.31. The zero-order chi connectivity index (χ0) is 25.7. The lowest BCUT2D eigenvalue weighted by Gasteiger charge is -2.14. The number of methoxy groups -OCH3 is 1. The Balaban J connectivity index is 1.66. The van der Waals surface area contributed by atoms with E-state index in [1.165, 1.54) is 4.68 Å². The fraction of sp³-hybridized carbons (Fsp3) is 0.214. The van der Waals surface area contributed by atoms with Crippen LogP contribution in [0.3, 0.4) is 0 Å². The Bertz CT molecular complexity index is 1540. The second kappa shape index (κ2) is 11.2. The Kier molecular flexibility index (Phi) is 7.81. The van der Waals surface area contributed by atoms with Gasteiger partial charge >= 0.3 is 0 Å². The van der Waals surface area contributed by atoms with E-state index >= 15 is 0 Å². The molecule has 0 bridgehead atoms. The highest BCUT2D eigenvalue weighted by atomic mass is 79.9. The lowest BCUT2D eigenvalue weighted by Crippen LogP contribution is -2.23. The first-order valence-corrected chi connectivity index (χ1v) is 12.3. The summed E-state index contributed by atoms with van der Waals surface area (Å²) in [5.41, 5.74) is 2.51. The highest BCUT2D eigenvalue weighted by Gasteiger charge is 2.16. The van der Waals surface area contributed by atoms with E-state index in [1.807, 2.05) is 43.3 Å². The van der Waals surface area contributed by atoms with Crippen LogP contribution in [0, 0.1) is 11.3 Å². The van der Waals surface area contributed by atoms with Crippen molar-refractivity contribution < 1.29 is 9.47 Å². The minimum Gasteiger partial charge on any atom is -0.493 e. The molecule has 0 radical (unpaired) electrons. The number of rotatable bonds is 8. The van der Waals surface area contributed by atoms with Crippen LogP contribution in [0.1, 0.15) is 48.7 Å². The van der Waals surface area contributed by atoms with Crippen molar-refractivity contribution in [1.29, 1.82) is 5.26 Å². The van der Waals surface area contributed by atoms with Crippen molar-refractivity contribution in [1.82, 2.24) is 9.66 Å². The molecule has 0 N–H and O–H groups in total. The summed E-state index contributed by atoms with van der Waals surface area (Å²) in [6, 6.07) is 20.3. The van der Waals surface area contributed by atoms with E-state index in [4.69, 9.17) is 14.5 Å². The fourth-order valence-corrected chi connectivity index (χ4v) is 4.06. The molecule has 1 aromatic heterocycles. The quantitative estimate of drug-likeness (QED) is 0.253. The maximum atomic E-state index is 13.3. The van der Waals surface area contributed by atoms with Crippen LogP contribution in [-0.2, 0) is 6.61 Å². The molecule has 36 heavy (non-hydrogen) atoms. The van der Waals surface area contributed by atoms with Crippen molar-refractivity contribution in [3.8, 4) is 17.6 Å². The molecule has 0 unspecified atom stereocenters. The zero-order valence-electron chi connectivity index (χ0n) is 20.2. The van der Waals surface area contributed by atoms with Gasteiger partial charge in [0, 0.05) is 16.0 Å². The first-order valence-electron chi connectivity index (χ1n) is 11.5. The summed E-state index contributed by atoms with van der Waals surface area (Å²) in [5, 5.41) is 14.3. The van der Waals surface area contributed by atoms with E-state index in [0.29, 0.717) is 33.8 Å². The first kappa shape index (κ1) is 25.1. The molecule has 0 fully saturated rings. The molecule has 1 heterocycles. The average Bonchev–Trinajstić information content (AvgIpc) is 2.91. The van der Waals surface area contributed by atoms with Crippen LogP contribution in [0.2, 0.25) is 0 Å². The van der Waals surface area contributed by atoms with Crippen molar-refractivity contribution in [2.45, 2.75) is 32.8 Å². The van der Waals surface area contributed by atoms with Gasteiger partial charge < -0.3 is 9.47 Å². The normalized spacial score (nSPS) is 12.0. The highest BCUT2D eigenvalue weighted by Crippen LogP contribution is 2.29. The van der Waals surface area contributed by atoms with E-state index < -0.39 is 0 Å². The van der Waals surface area contributed by atoms with Crippen LogP contribution in [-0.4, -0.2) is 23.0 Å². The molecule has 0 aliphatic carbocycles. The van der Waals surface area contributed by atoms with Gasteiger partial charge in [0.2, 0.25) is 0 Å². The van der Waals surface area contributed by atoms with Crippen molar-refractivity contribution in [2.75, 3.05) is 7.11 Å². The maximum absolute atomic E-state index is 13.3. The number of fused-ring (bicyclic) bond motifs is 1. The van der Waals surface area contributed by atoms with E-state index in [0.717, 1.165) is 22.0 Å². The summed E-state index contributed by atoms with van der Waals surface area (Å²) in [7, 11) is 1.56. The van der Waals surface area contributed by atoms with Gasteiger partial charge in [-0.1, -0.05) is 48.0 Å². The second-order valence-corrected chi connectivity index (χ2v) is 9.19. The standard InChI is InChI=1S/C28H25BrN4O3/c1-4-18(2)27-32-24-11-10-22(29)14-23(24)28(34)33(27)31-16-19-9-12-25(26(13-19)35-3)36-17-21-8-6-5-7-20(21)15-30/h5-14,16,18H,4,17H2,1-3H3/t18-/m0/s1. The van der Waals surface area contributed by atoms with Crippen molar-refractivity contribution in [3.05, 3.63) is 98.0 Å². The van der Waals surface area contributed by atoms with Crippen molar-refractivity contribution >= 4 is 33.0 Å². The van der Waals surface area contributed by atoms with Crippen LogP contribution >= 0.6 is 15.9 Å². The Morgan fingerprint density at radius 2 is 1.97 bits per heavy atom. The molecule has 0 amide bonds. The van der Waals surface area contributed by atoms with E-state index in [-0.39, 0.29) is 18.1 Å². The molecular weight excluding hydrogens is 520 g/mol. The van der Waals surface area contributed by atoms with Crippen molar-refractivity contribution in [3.63, 3.8) is 0 Å². The van der Waals surface area contributed by atoms with Crippen LogP contribution in [0.25, 0.3) is 10.9 Å². The first-order chi connectivity index (χ1) is 17.4. The molecule has 3 aromatic carbocycles. The monoisotopic (exact) mass is 544 g/mol. The number of aromatic nitrogens is 2. The van der Waals surface area contributed by atoms with Gasteiger partial charge in [-0.2, -0.15) is 15.0 Å². The minimum atomic E-state index is -0.226. The number of benzene rings is 3. The Morgan fingerprint density at radius 1 is 1.17 bits per heavy atom. The van der Waals surface area contributed by atoms with Gasteiger partial charge in [0.05, 0.1) is 35.9 Å². The number of ether oxygens (including phenoxy) is 2. The molecule has 4 aromatic rings. The maximum Gasteiger partial charge on any atom is 0.282 e. The summed E-state index contributed by atoms with van der Waals surface area (Å²) in [6.45, 7) is 4.31. The predicted octanol–water partition coefficient (Wildman–Crippen LogP) is 6.01. The Labute approximate surface area is 217 Å². The molecule has 0 saturated carbocycles. The molecule has 0 spiro atoms. The van der Waals surface area contributed by atoms with Gasteiger partial charge in [-0.05, 0) is 54.4 Å². The lowest BCUT2D eigenvalue weighted by atomic mass is 10.1. The largest absolute Gasteiger partial charge is 0.493 e. The molecule has 7 nitrogen and oxygen atoms in total. The Morgan fingerprint density at radius 3 is 2.72 bits per heavy atom. The van der Waals surface area contributed by atoms with Crippen LogP contribution < -0.4 is 15.0 Å². The van der Waals surface area contributed by atoms with E-state index in [1.54, 1.807) is 37.6 Å². The van der Waals surface area contributed by atoms with Crippen molar-refractivity contribution in [2.24, 2.45) is 5.10 Å². The van der Waals surface area contributed by atoms with Gasteiger partial charge in [-0.25, -0.2) is 4.98 Å². The molecule has 0 aliphatic rings. The van der Waals surface area contributed by atoms with Gasteiger partial charge in [-0.3, -0.25) is 4.79 Å². The predicted molar refractivity (Wildman–Crippen MR) is 144 cm³/mol. The van der Waals surface area contributed by atoms with Crippen LogP contribution in [0.15, 0.2) is 75.0 Å². The van der Waals surface area contributed by atoms with Gasteiger partial charge in [0.25, 0.3) is 5.56 Å². The summed E-state index contributed by atoms with van der Waals surface area (Å²) < 4.78 is 13.6. The third-order valence-electron chi connectivity index (χ3n) is 5.92. The summed E-state index contributed by atoms with van der Waals surface area (Å²) in [4.78, 5) is 18.0. The number of nitrogens with zero attached hydrogens (tertiary/aromatic N) is 4. The average molecular weight is 545 g/mol. The third-order valence-corrected chi connectivity index (χ3v) is 6.41. The van der Waals surface area contributed by atoms with Crippen LogP contribution in [0.5, 0.6) is 11.5 Å². The van der Waals surface area contributed by atoms with Gasteiger partial charge in [0.15, 0.2) is 11.5 Å². The molecule has 0 saturated heterocycles. The minimum absolute atomic E-state index is 0.0458. The lowest BCUT2D eigenvalue weighted by molar-refractivity contribution is 0.284. The number of nitriles is 1. The summed E-state index contributed by atoms with van der Waals surface area (Å²) >= 11 is 3.43. The van der Waals surface area contributed by atoms with Gasteiger partial charge in [0.1, 0.15) is 12.4 Å². The molecule has 4 rings (SSSR count). The molecule has 8 heteroatoms. The summed E-state index contributed by atoms with van der Waals surface area (Å²) in [6.07, 6.45) is 2.43. The molecular formula is C28H25BrN4O3. The smallest absolute Gasteiger partial charge is 0.282 e. The summed E-state index contributed by atoms with van der Waals surface area (Å²) in [5.74, 6) is 1.71. The fourth-order valence-electron chi connectivity index (χ4n) is 3.70. The van der Waals surface area contributed by atoms with Gasteiger partial charge in [-0.15, -0.1) is 0 Å².